The highest BCUT2D eigenvalue weighted by Gasteiger charge is 2.34. The lowest BCUT2D eigenvalue weighted by atomic mass is 9.95. The lowest BCUT2D eigenvalue weighted by Crippen LogP contribution is -2.43. The number of nitrogen functional groups attached to an aromatic ring is 1. The summed E-state index contributed by atoms with van der Waals surface area (Å²) in [6, 6.07) is 14.2. The van der Waals surface area contributed by atoms with Gasteiger partial charge in [0.2, 0.25) is 5.91 Å². The van der Waals surface area contributed by atoms with Crippen LogP contribution in [0.25, 0.3) is 0 Å². The van der Waals surface area contributed by atoms with E-state index in [1.807, 2.05) is 37.3 Å². The SMILES string of the molecule is CC(c1cccc(N)c1)N1C(=O)Cc2ccccc2C1=O. The fraction of sp³-hybridized carbons (Fsp3) is 0.176. The molecule has 4 heteroatoms. The number of hydrogen-bond acceptors (Lipinski definition) is 3. The fourth-order valence-corrected chi connectivity index (χ4v) is 2.73. The van der Waals surface area contributed by atoms with Crippen molar-refractivity contribution < 1.29 is 9.59 Å². The molecule has 2 amide bonds. The number of imide groups is 1. The molecule has 21 heavy (non-hydrogen) atoms. The summed E-state index contributed by atoms with van der Waals surface area (Å²) in [5.41, 5.74) is 8.66. The standard InChI is InChI=1S/C17H16N2O2/c1-11(12-6-4-7-14(18)9-12)19-16(20)10-13-5-2-3-8-15(13)17(19)21/h2-9,11H,10,18H2,1H3. The molecule has 1 aliphatic heterocycles. The molecule has 2 aromatic rings. The van der Waals surface area contributed by atoms with Gasteiger partial charge in [0.1, 0.15) is 0 Å². The smallest absolute Gasteiger partial charge is 0.261 e. The number of amides is 2. The monoisotopic (exact) mass is 280 g/mol. The highest BCUT2D eigenvalue weighted by atomic mass is 16.2. The van der Waals surface area contributed by atoms with E-state index in [4.69, 9.17) is 5.73 Å². The maximum absolute atomic E-state index is 12.6. The molecule has 2 N–H and O–H groups in total. The van der Waals surface area contributed by atoms with E-state index in [2.05, 4.69) is 0 Å². The van der Waals surface area contributed by atoms with Crippen LogP contribution in [0.15, 0.2) is 48.5 Å². The highest BCUT2D eigenvalue weighted by Crippen LogP contribution is 2.29. The molecule has 4 nitrogen and oxygen atoms in total. The summed E-state index contributed by atoms with van der Waals surface area (Å²) >= 11 is 0. The van der Waals surface area contributed by atoms with Crippen molar-refractivity contribution in [3.8, 4) is 0 Å². The van der Waals surface area contributed by atoms with E-state index < -0.39 is 0 Å². The molecule has 0 saturated heterocycles. The summed E-state index contributed by atoms with van der Waals surface area (Å²) in [6.07, 6.45) is 0.259. The van der Waals surface area contributed by atoms with Crippen molar-refractivity contribution in [1.82, 2.24) is 4.90 Å². The van der Waals surface area contributed by atoms with E-state index in [1.165, 1.54) is 4.90 Å². The Balaban J connectivity index is 1.99. The van der Waals surface area contributed by atoms with Gasteiger partial charge < -0.3 is 5.73 Å². The fourth-order valence-electron chi connectivity index (χ4n) is 2.73. The number of nitrogens with zero attached hydrogens (tertiary/aromatic N) is 1. The highest BCUT2D eigenvalue weighted by molar-refractivity contribution is 6.10. The minimum absolute atomic E-state index is 0.173. The van der Waals surface area contributed by atoms with E-state index >= 15 is 0 Å². The van der Waals surface area contributed by atoms with Gasteiger partial charge in [-0.3, -0.25) is 14.5 Å². The lowest BCUT2D eigenvalue weighted by Gasteiger charge is -2.32. The Morgan fingerprint density at radius 1 is 1.10 bits per heavy atom. The zero-order chi connectivity index (χ0) is 15.0. The molecule has 2 aromatic carbocycles. The molecule has 0 saturated carbocycles. The van der Waals surface area contributed by atoms with Gasteiger partial charge in [-0.05, 0) is 36.2 Å². The van der Waals surface area contributed by atoms with Crippen LogP contribution in [-0.4, -0.2) is 16.7 Å². The van der Waals surface area contributed by atoms with Crippen molar-refractivity contribution in [3.63, 3.8) is 0 Å². The molecule has 106 valence electrons. The van der Waals surface area contributed by atoms with Gasteiger partial charge in [0, 0.05) is 11.3 Å². The Bertz CT molecular complexity index is 724. The maximum atomic E-state index is 12.6. The number of carbonyl (C=O) groups is 2. The molecule has 1 aliphatic rings. The third-order valence-corrected chi connectivity index (χ3v) is 3.86. The molecular formula is C17H16N2O2. The third-order valence-electron chi connectivity index (χ3n) is 3.86. The quantitative estimate of drug-likeness (QED) is 0.679. The first-order chi connectivity index (χ1) is 10.1. The Morgan fingerprint density at radius 2 is 1.86 bits per heavy atom. The van der Waals surface area contributed by atoms with E-state index in [-0.39, 0.29) is 24.3 Å². The second-order valence-electron chi connectivity index (χ2n) is 5.25. The zero-order valence-corrected chi connectivity index (χ0v) is 11.7. The van der Waals surface area contributed by atoms with Crippen molar-refractivity contribution in [1.29, 1.82) is 0 Å². The van der Waals surface area contributed by atoms with Crippen molar-refractivity contribution in [2.75, 3.05) is 5.73 Å². The molecule has 0 bridgehead atoms. The van der Waals surface area contributed by atoms with Gasteiger partial charge in [-0.15, -0.1) is 0 Å². The maximum Gasteiger partial charge on any atom is 0.261 e. The molecule has 0 radical (unpaired) electrons. The molecule has 3 rings (SSSR count). The number of fused-ring (bicyclic) bond motifs is 1. The average Bonchev–Trinajstić information content (AvgIpc) is 2.47. The summed E-state index contributed by atoms with van der Waals surface area (Å²) in [5.74, 6) is -0.412. The molecule has 1 heterocycles. The van der Waals surface area contributed by atoms with Gasteiger partial charge in [0.05, 0.1) is 12.5 Å². The summed E-state index contributed by atoms with van der Waals surface area (Å²) in [5, 5.41) is 0. The van der Waals surface area contributed by atoms with E-state index in [0.29, 0.717) is 11.3 Å². The van der Waals surface area contributed by atoms with Crippen LogP contribution in [-0.2, 0) is 11.2 Å². The summed E-state index contributed by atoms with van der Waals surface area (Å²) in [4.78, 5) is 26.3. The third kappa shape index (κ3) is 2.29. The molecule has 1 unspecified atom stereocenters. The predicted molar refractivity (Wildman–Crippen MR) is 80.6 cm³/mol. The van der Waals surface area contributed by atoms with E-state index in [1.54, 1.807) is 18.2 Å². The summed E-state index contributed by atoms with van der Waals surface area (Å²) in [7, 11) is 0. The zero-order valence-electron chi connectivity index (χ0n) is 11.7. The number of benzene rings is 2. The Morgan fingerprint density at radius 3 is 2.62 bits per heavy atom. The van der Waals surface area contributed by atoms with Crippen LogP contribution in [0.2, 0.25) is 0 Å². The van der Waals surface area contributed by atoms with Gasteiger partial charge in [0.25, 0.3) is 5.91 Å². The van der Waals surface area contributed by atoms with Crippen LogP contribution in [0.1, 0.15) is 34.5 Å². The number of nitrogens with two attached hydrogens (primary N) is 1. The minimum Gasteiger partial charge on any atom is -0.399 e. The van der Waals surface area contributed by atoms with Crippen LogP contribution < -0.4 is 5.73 Å². The van der Waals surface area contributed by atoms with Crippen molar-refractivity contribution >= 4 is 17.5 Å². The first-order valence-corrected chi connectivity index (χ1v) is 6.87. The number of rotatable bonds is 2. The summed E-state index contributed by atoms with van der Waals surface area (Å²) in [6.45, 7) is 1.85. The Labute approximate surface area is 123 Å². The normalized spacial score (nSPS) is 15.8. The molecule has 0 aromatic heterocycles. The van der Waals surface area contributed by atoms with Crippen LogP contribution in [0.4, 0.5) is 5.69 Å². The minimum atomic E-state index is -0.332. The van der Waals surface area contributed by atoms with Crippen molar-refractivity contribution in [2.24, 2.45) is 0 Å². The first-order valence-electron chi connectivity index (χ1n) is 6.87. The number of anilines is 1. The molecule has 0 spiro atoms. The van der Waals surface area contributed by atoms with Crippen molar-refractivity contribution in [3.05, 3.63) is 65.2 Å². The molecular weight excluding hydrogens is 264 g/mol. The topological polar surface area (TPSA) is 63.4 Å². The molecule has 1 atom stereocenters. The Hall–Kier alpha value is -2.62. The van der Waals surface area contributed by atoms with E-state index in [0.717, 1.165) is 11.1 Å². The largest absolute Gasteiger partial charge is 0.399 e. The van der Waals surface area contributed by atoms with Gasteiger partial charge in [-0.25, -0.2) is 0 Å². The second kappa shape index (κ2) is 5.05. The van der Waals surface area contributed by atoms with Crippen LogP contribution in [0.5, 0.6) is 0 Å². The number of carbonyl (C=O) groups excluding carboxylic acids is 2. The predicted octanol–water partition coefficient (Wildman–Crippen LogP) is 2.55. The van der Waals surface area contributed by atoms with Gasteiger partial charge >= 0.3 is 0 Å². The Kier molecular flexibility index (Phi) is 3.22. The van der Waals surface area contributed by atoms with Gasteiger partial charge in [-0.1, -0.05) is 30.3 Å². The molecule has 0 fully saturated rings. The number of hydrogen-bond donors (Lipinski definition) is 1. The second-order valence-corrected chi connectivity index (χ2v) is 5.25. The lowest BCUT2D eigenvalue weighted by molar-refractivity contribution is -0.130. The summed E-state index contributed by atoms with van der Waals surface area (Å²) < 4.78 is 0. The van der Waals surface area contributed by atoms with Gasteiger partial charge in [-0.2, -0.15) is 0 Å². The van der Waals surface area contributed by atoms with E-state index in [9.17, 15) is 9.59 Å². The molecule has 0 aliphatic carbocycles. The van der Waals surface area contributed by atoms with Crippen LogP contribution >= 0.6 is 0 Å². The van der Waals surface area contributed by atoms with Crippen LogP contribution in [0, 0.1) is 0 Å². The van der Waals surface area contributed by atoms with Crippen LogP contribution in [0.3, 0.4) is 0 Å². The first kappa shape index (κ1) is 13.4. The van der Waals surface area contributed by atoms with Crippen molar-refractivity contribution in [2.45, 2.75) is 19.4 Å². The van der Waals surface area contributed by atoms with Gasteiger partial charge in [0.15, 0.2) is 0 Å². The average molecular weight is 280 g/mol.